The van der Waals surface area contributed by atoms with Crippen LogP contribution in [0.5, 0.6) is 0 Å². The first kappa shape index (κ1) is 11.0. The van der Waals surface area contributed by atoms with Gasteiger partial charge in [0.05, 0.1) is 6.20 Å². The lowest BCUT2D eigenvalue weighted by Crippen LogP contribution is -2.30. The molecule has 2 aliphatic carbocycles. The van der Waals surface area contributed by atoms with Crippen molar-refractivity contribution < 1.29 is 0 Å². The lowest BCUT2D eigenvalue weighted by molar-refractivity contribution is 0.662. The Balaban J connectivity index is 1.78. The van der Waals surface area contributed by atoms with E-state index in [4.69, 9.17) is 5.73 Å². The van der Waals surface area contributed by atoms with Crippen LogP contribution in [-0.4, -0.2) is 23.3 Å². The topological polar surface area (TPSA) is 55.0 Å². The molecule has 2 saturated carbocycles. The van der Waals surface area contributed by atoms with E-state index in [1.165, 1.54) is 25.7 Å². The molecule has 3 rings (SSSR count). The number of anilines is 1. The third-order valence-corrected chi connectivity index (χ3v) is 3.65. The van der Waals surface area contributed by atoms with Gasteiger partial charge in [-0.25, -0.2) is 0 Å². The molecular weight excluding hydrogens is 212 g/mol. The maximum atomic E-state index is 5.79. The second kappa shape index (κ2) is 4.61. The van der Waals surface area contributed by atoms with E-state index in [1.807, 2.05) is 6.07 Å². The fraction of sp³-hybridized carbons (Fsp3) is 0.692. The van der Waals surface area contributed by atoms with Crippen LogP contribution >= 0.6 is 0 Å². The van der Waals surface area contributed by atoms with Gasteiger partial charge in [-0.3, -0.25) is 0 Å². The summed E-state index contributed by atoms with van der Waals surface area (Å²) in [6.45, 7) is 2.83. The van der Waals surface area contributed by atoms with Gasteiger partial charge in [-0.1, -0.05) is 0 Å². The Morgan fingerprint density at radius 2 is 1.82 bits per heavy atom. The highest BCUT2D eigenvalue weighted by atomic mass is 15.3. The molecule has 0 spiro atoms. The Kier molecular flexibility index (Phi) is 2.97. The van der Waals surface area contributed by atoms with Crippen molar-refractivity contribution in [1.29, 1.82) is 0 Å². The van der Waals surface area contributed by atoms with E-state index in [0.717, 1.165) is 36.3 Å². The van der Waals surface area contributed by atoms with Crippen LogP contribution in [0.3, 0.4) is 0 Å². The molecule has 1 aromatic heterocycles. The largest absolute Gasteiger partial charge is 0.354 e. The van der Waals surface area contributed by atoms with Crippen LogP contribution in [0.2, 0.25) is 0 Å². The van der Waals surface area contributed by atoms with Crippen molar-refractivity contribution in [3.8, 4) is 0 Å². The molecule has 4 nitrogen and oxygen atoms in total. The molecule has 0 bridgehead atoms. The lowest BCUT2D eigenvalue weighted by atomic mass is 10.2. The summed E-state index contributed by atoms with van der Waals surface area (Å²) in [5.74, 6) is 2.77. The van der Waals surface area contributed by atoms with E-state index in [0.29, 0.717) is 6.54 Å². The zero-order chi connectivity index (χ0) is 11.7. The zero-order valence-corrected chi connectivity index (χ0v) is 10.2. The first-order valence-corrected chi connectivity index (χ1v) is 6.62. The van der Waals surface area contributed by atoms with Gasteiger partial charge < -0.3 is 10.6 Å². The fourth-order valence-corrected chi connectivity index (χ4v) is 2.25. The first-order valence-electron chi connectivity index (χ1n) is 6.62. The molecule has 0 amide bonds. The number of hydrogen-bond donors (Lipinski definition) is 1. The van der Waals surface area contributed by atoms with Crippen molar-refractivity contribution in [2.75, 3.05) is 18.0 Å². The molecule has 0 aromatic carbocycles. The maximum absolute atomic E-state index is 5.79. The molecule has 2 N–H and O–H groups in total. The van der Waals surface area contributed by atoms with E-state index in [1.54, 1.807) is 6.20 Å². The maximum Gasteiger partial charge on any atom is 0.155 e. The Hall–Kier alpha value is -1.16. The lowest BCUT2D eigenvalue weighted by Gasteiger charge is -2.25. The van der Waals surface area contributed by atoms with Crippen LogP contribution in [0.1, 0.15) is 31.2 Å². The van der Waals surface area contributed by atoms with Gasteiger partial charge in [0.15, 0.2) is 5.82 Å². The second-order valence-electron chi connectivity index (χ2n) is 5.38. The summed E-state index contributed by atoms with van der Waals surface area (Å²) >= 11 is 0. The van der Waals surface area contributed by atoms with E-state index in [2.05, 4.69) is 15.1 Å². The van der Waals surface area contributed by atoms with Crippen LogP contribution in [0.25, 0.3) is 0 Å². The van der Waals surface area contributed by atoms with Gasteiger partial charge in [0.2, 0.25) is 0 Å². The summed E-state index contributed by atoms with van der Waals surface area (Å²) in [6.07, 6.45) is 7.23. The van der Waals surface area contributed by atoms with Crippen LogP contribution in [0.15, 0.2) is 12.3 Å². The van der Waals surface area contributed by atoms with Crippen molar-refractivity contribution in [2.45, 2.75) is 32.2 Å². The minimum absolute atomic E-state index is 0.552. The minimum atomic E-state index is 0.552. The second-order valence-corrected chi connectivity index (χ2v) is 5.38. The molecule has 0 aliphatic heterocycles. The highest BCUT2D eigenvalue weighted by molar-refractivity contribution is 5.46. The molecule has 1 aromatic rings. The Labute approximate surface area is 102 Å². The monoisotopic (exact) mass is 232 g/mol. The molecule has 1 heterocycles. The van der Waals surface area contributed by atoms with Crippen molar-refractivity contribution in [2.24, 2.45) is 17.6 Å². The van der Waals surface area contributed by atoms with Crippen molar-refractivity contribution in [3.05, 3.63) is 17.8 Å². The summed E-state index contributed by atoms with van der Waals surface area (Å²) in [7, 11) is 0. The summed E-state index contributed by atoms with van der Waals surface area (Å²) in [5.41, 5.74) is 6.91. The third-order valence-electron chi connectivity index (χ3n) is 3.65. The molecule has 0 atom stereocenters. The van der Waals surface area contributed by atoms with E-state index in [9.17, 15) is 0 Å². The van der Waals surface area contributed by atoms with Crippen molar-refractivity contribution >= 4 is 5.82 Å². The fourth-order valence-electron chi connectivity index (χ4n) is 2.25. The van der Waals surface area contributed by atoms with E-state index >= 15 is 0 Å². The zero-order valence-electron chi connectivity index (χ0n) is 10.2. The smallest absolute Gasteiger partial charge is 0.155 e. The first-order chi connectivity index (χ1) is 8.36. The molecule has 17 heavy (non-hydrogen) atoms. The predicted molar refractivity (Wildman–Crippen MR) is 67.6 cm³/mol. The Morgan fingerprint density at radius 1 is 1.18 bits per heavy atom. The minimum Gasteiger partial charge on any atom is -0.354 e. The summed E-state index contributed by atoms with van der Waals surface area (Å²) in [5, 5.41) is 8.33. The summed E-state index contributed by atoms with van der Waals surface area (Å²) in [6, 6.07) is 2.00. The van der Waals surface area contributed by atoms with Crippen LogP contribution in [-0.2, 0) is 6.54 Å². The molecule has 0 unspecified atom stereocenters. The van der Waals surface area contributed by atoms with Gasteiger partial charge in [0.1, 0.15) is 0 Å². The summed E-state index contributed by atoms with van der Waals surface area (Å²) < 4.78 is 0. The number of nitrogens with zero attached hydrogens (tertiary/aromatic N) is 3. The number of rotatable bonds is 6. The molecule has 4 heteroatoms. The molecular formula is C13H20N4. The van der Waals surface area contributed by atoms with Crippen LogP contribution in [0.4, 0.5) is 5.82 Å². The van der Waals surface area contributed by atoms with Gasteiger partial charge in [-0.05, 0) is 43.6 Å². The number of aromatic nitrogens is 2. The van der Waals surface area contributed by atoms with Gasteiger partial charge in [0, 0.05) is 25.2 Å². The van der Waals surface area contributed by atoms with Gasteiger partial charge in [-0.2, -0.15) is 5.10 Å². The standard InChI is InChI=1S/C13H20N4/c14-7-12-5-6-15-16-13(12)17(8-10-1-2-10)9-11-3-4-11/h5-6,10-11H,1-4,7-9,14H2. The average molecular weight is 232 g/mol. The predicted octanol–water partition coefficient (Wildman–Crippen LogP) is 1.56. The van der Waals surface area contributed by atoms with E-state index < -0.39 is 0 Å². The van der Waals surface area contributed by atoms with Gasteiger partial charge in [0.25, 0.3) is 0 Å². The highest BCUT2D eigenvalue weighted by Crippen LogP contribution is 2.35. The number of hydrogen-bond acceptors (Lipinski definition) is 4. The number of nitrogens with two attached hydrogens (primary N) is 1. The van der Waals surface area contributed by atoms with Crippen molar-refractivity contribution in [1.82, 2.24) is 10.2 Å². The SMILES string of the molecule is NCc1ccnnc1N(CC1CC1)CC1CC1. The van der Waals surface area contributed by atoms with Crippen LogP contribution in [0, 0.1) is 11.8 Å². The molecule has 2 fully saturated rings. The molecule has 0 radical (unpaired) electrons. The average Bonchev–Trinajstić information content (AvgIpc) is 3.23. The van der Waals surface area contributed by atoms with Crippen LogP contribution < -0.4 is 10.6 Å². The van der Waals surface area contributed by atoms with Crippen molar-refractivity contribution in [3.63, 3.8) is 0 Å². The Bertz CT molecular complexity index is 371. The normalized spacial score (nSPS) is 19.4. The third kappa shape index (κ3) is 2.75. The molecule has 2 aliphatic rings. The molecule has 92 valence electrons. The molecule has 0 saturated heterocycles. The quantitative estimate of drug-likeness (QED) is 0.808. The summed E-state index contributed by atoms with van der Waals surface area (Å²) in [4.78, 5) is 2.42. The van der Waals surface area contributed by atoms with Gasteiger partial charge >= 0.3 is 0 Å². The van der Waals surface area contributed by atoms with Gasteiger partial charge in [-0.15, -0.1) is 5.10 Å². The van der Waals surface area contributed by atoms with E-state index in [-0.39, 0.29) is 0 Å². The highest BCUT2D eigenvalue weighted by Gasteiger charge is 2.30. The Morgan fingerprint density at radius 3 is 2.35 bits per heavy atom.